The van der Waals surface area contributed by atoms with Crippen LogP contribution in [0.5, 0.6) is 5.75 Å². The average molecular weight is 536 g/mol. The van der Waals surface area contributed by atoms with Crippen molar-refractivity contribution in [1.82, 2.24) is 15.1 Å². The summed E-state index contributed by atoms with van der Waals surface area (Å²) in [5.74, 6) is -0.755. The first-order chi connectivity index (χ1) is 18.4. The third-order valence-corrected chi connectivity index (χ3v) is 6.77. The SMILES string of the molecule is CCCC(C)(Oc1ccc(CNC(=O)c2cc(-c3ccc(C(C)(C)C)cc3)n(CCOC)n2)cc1C)C(=O)O. The maximum absolute atomic E-state index is 13.1. The van der Waals surface area contributed by atoms with E-state index < -0.39 is 11.6 Å². The van der Waals surface area contributed by atoms with E-state index in [1.165, 1.54) is 5.56 Å². The minimum Gasteiger partial charge on any atom is -0.478 e. The predicted molar refractivity (Wildman–Crippen MR) is 152 cm³/mol. The standard InChI is InChI=1S/C31H41N3O5/c1-8-15-31(6,29(36)37)39-27-14-9-22(18-21(27)2)20-32-28(35)25-19-26(34(33-25)16-17-38-7)23-10-12-24(13-11-23)30(3,4)5/h9-14,18-19H,8,15-17,20H2,1-7H3,(H,32,35)(H,36,37). The summed E-state index contributed by atoms with van der Waals surface area (Å²) < 4.78 is 12.9. The highest BCUT2D eigenvalue weighted by molar-refractivity contribution is 5.93. The molecule has 39 heavy (non-hydrogen) atoms. The van der Waals surface area contributed by atoms with Crippen LogP contribution in [0.15, 0.2) is 48.5 Å². The normalized spacial score (nSPS) is 13.1. The van der Waals surface area contributed by atoms with Crippen LogP contribution in [-0.2, 0) is 28.0 Å². The number of aliphatic carboxylic acids is 1. The topological polar surface area (TPSA) is 103 Å². The van der Waals surface area contributed by atoms with Crippen LogP contribution >= 0.6 is 0 Å². The van der Waals surface area contributed by atoms with Crippen LogP contribution in [0.4, 0.5) is 0 Å². The van der Waals surface area contributed by atoms with Gasteiger partial charge in [0.2, 0.25) is 5.60 Å². The van der Waals surface area contributed by atoms with Crippen LogP contribution in [0, 0.1) is 6.92 Å². The zero-order valence-corrected chi connectivity index (χ0v) is 24.1. The first-order valence-electron chi connectivity index (χ1n) is 13.4. The summed E-state index contributed by atoms with van der Waals surface area (Å²) in [6.45, 7) is 13.2. The van der Waals surface area contributed by atoms with Gasteiger partial charge in [-0.05, 0) is 60.1 Å². The number of benzene rings is 2. The van der Waals surface area contributed by atoms with Gasteiger partial charge >= 0.3 is 5.97 Å². The molecule has 210 valence electrons. The van der Waals surface area contributed by atoms with E-state index in [1.807, 2.05) is 26.0 Å². The molecule has 1 aromatic heterocycles. The predicted octanol–water partition coefficient (Wildman–Crippen LogP) is 5.75. The molecule has 2 N–H and O–H groups in total. The quantitative estimate of drug-likeness (QED) is 0.306. The Balaban J connectivity index is 1.75. The molecule has 3 rings (SSSR count). The van der Waals surface area contributed by atoms with Crippen LogP contribution in [0.25, 0.3) is 11.3 Å². The molecule has 0 saturated heterocycles. The Morgan fingerprint density at radius 1 is 1.05 bits per heavy atom. The van der Waals surface area contributed by atoms with Crippen LogP contribution in [0.3, 0.4) is 0 Å². The number of carboxylic acids is 1. The number of aryl methyl sites for hydroxylation is 1. The molecule has 0 fully saturated rings. The Labute approximate surface area is 231 Å². The molecular weight excluding hydrogens is 494 g/mol. The number of carbonyl (C=O) groups is 2. The maximum Gasteiger partial charge on any atom is 0.347 e. The molecule has 0 spiro atoms. The molecule has 3 aromatic rings. The Morgan fingerprint density at radius 3 is 2.31 bits per heavy atom. The highest BCUT2D eigenvalue weighted by atomic mass is 16.5. The fourth-order valence-corrected chi connectivity index (χ4v) is 4.38. The number of aromatic nitrogens is 2. The molecule has 0 aliphatic carbocycles. The maximum atomic E-state index is 13.1. The molecule has 8 heteroatoms. The molecule has 0 aliphatic heterocycles. The summed E-state index contributed by atoms with van der Waals surface area (Å²) in [6.07, 6.45) is 1.09. The van der Waals surface area contributed by atoms with Gasteiger partial charge in [-0.15, -0.1) is 0 Å². The molecule has 8 nitrogen and oxygen atoms in total. The summed E-state index contributed by atoms with van der Waals surface area (Å²) in [4.78, 5) is 24.8. The van der Waals surface area contributed by atoms with E-state index in [-0.39, 0.29) is 11.3 Å². The van der Waals surface area contributed by atoms with Gasteiger partial charge in [0.1, 0.15) is 5.75 Å². The molecule has 1 amide bonds. The van der Waals surface area contributed by atoms with Gasteiger partial charge in [-0.25, -0.2) is 4.79 Å². The van der Waals surface area contributed by atoms with E-state index in [9.17, 15) is 14.7 Å². The van der Waals surface area contributed by atoms with Crippen molar-refractivity contribution in [2.75, 3.05) is 13.7 Å². The van der Waals surface area contributed by atoms with Gasteiger partial charge in [0.05, 0.1) is 18.8 Å². The summed E-state index contributed by atoms with van der Waals surface area (Å²) >= 11 is 0. The summed E-state index contributed by atoms with van der Waals surface area (Å²) in [6, 6.07) is 15.6. The number of nitrogens with zero attached hydrogens (tertiary/aromatic N) is 2. The van der Waals surface area contributed by atoms with Gasteiger partial charge in [0.25, 0.3) is 5.91 Å². The van der Waals surface area contributed by atoms with Crippen molar-refractivity contribution in [3.8, 4) is 17.0 Å². The Kier molecular flexibility index (Phi) is 9.56. The van der Waals surface area contributed by atoms with Crippen molar-refractivity contribution in [2.45, 2.75) is 78.5 Å². The first kappa shape index (κ1) is 29.9. The number of hydrogen-bond acceptors (Lipinski definition) is 5. The molecule has 1 unspecified atom stereocenters. The smallest absolute Gasteiger partial charge is 0.347 e. The van der Waals surface area contributed by atoms with Crippen molar-refractivity contribution < 1.29 is 24.2 Å². The zero-order chi connectivity index (χ0) is 28.8. The summed E-state index contributed by atoms with van der Waals surface area (Å²) in [5, 5.41) is 17.1. The van der Waals surface area contributed by atoms with Crippen molar-refractivity contribution in [2.24, 2.45) is 0 Å². The van der Waals surface area contributed by atoms with E-state index >= 15 is 0 Å². The van der Waals surface area contributed by atoms with Crippen LogP contribution in [0.2, 0.25) is 0 Å². The van der Waals surface area contributed by atoms with Crippen molar-refractivity contribution in [1.29, 1.82) is 0 Å². The Hall–Kier alpha value is -3.65. The lowest BCUT2D eigenvalue weighted by Crippen LogP contribution is -2.41. The van der Waals surface area contributed by atoms with Crippen molar-refractivity contribution >= 4 is 11.9 Å². The van der Waals surface area contributed by atoms with Crippen molar-refractivity contribution in [3.63, 3.8) is 0 Å². The minimum absolute atomic E-state index is 0.0496. The monoisotopic (exact) mass is 535 g/mol. The van der Waals surface area contributed by atoms with Crippen LogP contribution < -0.4 is 10.1 Å². The number of rotatable bonds is 12. The summed E-state index contributed by atoms with van der Waals surface area (Å²) in [7, 11) is 1.64. The average Bonchev–Trinajstić information content (AvgIpc) is 3.31. The van der Waals surface area contributed by atoms with Gasteiger partial charge in [-0.1, -0.05) is 70.5 Å². The minimum atomic E-state index is -1.29. The molecule has 1 atom stereocenters. The molecule has 0 aliphatic rings. The second kappa shape index (κ2) is 12.5. The van der Waals surface area contributed by atoms with E-state index in [0.29, 0.717) is 44.0 Å². The number of carboxylic acid groups (broad SMARTS) is 1. The number of carbonyl (C=O) groups excluding carboxylic acids is 1. The third-order valence-electron chi connectivity index (χ3n) is 6.77. The van der Waals surface area contributed by atoms with Crippen molar-refractivity contribution in [3.05, 3.63) is 70.9 Å². The highest BCUT2D eigenvalue weighted by Gasteiger charge is 2.35. The van der Waals surface area contributed by atoms with Gasteiger partial charge in [0, 0.05) is 13.7 Å². The third kappa shape index (κ3) is 7.47. The molecule has 0 radical (unpaired) electrons. The fraction of sp³-hybridized carbons (Fsp3) is 0.452. The highest BCUT2D eigenvalue weighted by Crippen LogP contribution is 2.28. The van der Waals surface area contributed by atoms with Crippen LogP contribution in [0.1, 0.15) is 74.6 Å². The Morgan fingerprint density at radius 2 is 1.74 bits per heavy atom. The summed E-state index contributed by atoms with van der Waals surface area (Å²) in [5.41, 5.74) is 3.83. The van der Waals surface area contributed by atoms with Gasteiger partial charge in [-0.3, -0.25) is 9.48 Å². The first-order valence-corrected chi connectivity index (χ1v) is 13.4. The second-order valence-corrected chi connectivity index (χ2v) is 11.1. The number of methoxy groups -OCH3 is 1. The van der Waals surface area contributed by atoms with Gasteiger partial charge in [-0.2, -0.15) is 5.10 Å². The van der Waals surface area contributed by atoms with Gasteiger partial charge in [0.15, 0.2) is 5.69 Å². The molecular formula is C31H41N3O5. The largest absolute Gasteiger partial charge is 0.478 e. The van der Waals surface area contributed by atoms with E-state index in [1.54, 1.807) is 30.8 Å². The Bertz CT molecular complexity index is 1290. The lowest BCUT2D eigenvalue weighted by atomic mass is 9.86. The van der Waals surface area contributed by atoms with Crippen LogP contribution in [-0.4, -0.2) is 46.1 Å². The fourth-order valence-electron chi connectivity index (χ4n) is 4.38. The van der Waals surface area contributed by atoms with E-state index in [0.717, 1.165) is 22.4 Å². The van der Waals surface area contributed by atoms with E-state index in [4.69, 9.17) is 9.47 Å². The number of amides is 1. The molecule has 0 bridgehead atoms. The second-order valence-electron chi connectivity index (χ2n) is 11.1. The molecule has 2 aromatic carbocycles. The lowest BCUT2D eigenvalue weighted by molar-refractivity contribution is -0.154. The number of ether oxygens (including phenoxy) is 2. The lowest BCUT2D eigenvalue weighted by Gasteiger charge is -2.27. The number of hydrogen-bond donors (Lipinski definition) is 2. The van der Waals surface area contributed by atoms with E-state index in [2.05, 4.69) is 55.5 Å². The number of nitrogens with one attached hydrogen (secondary N) is 1. The molecule has 0 saturated carbocycles. The molecule has 1 heterocycles. The zero-order valence-electron chi connectivity index (χ0n) is 24.1. The van der Waals surface area contributed by atoms with Gasteiger partial charge < -0.3 is 19.9 Å².